The van der Waals surface area contributed by atoms with E-state index >= 15 is 0 Å². The second-order valence-electron chi connectivity index (χ2n) is 5.61. The molecule has 0 saturated carbocycles. The van der Waals surface area contributed by atoms with Gasteiger partial charge in [0.15, 0.2) is 5.82 Å². The lowest BCUT2D eigenvalue weighted by Crippen LogP contribution is -2.42. The standard InChI is InChI=1S/C13H25N3OS/c1-6-7-14-10(13(2,3)4)8-12-15-11(9-18-5)16-17-12/h10,14H,6-9H2,1-5H3. The molecule has 0 aliphatic carbocycles. The van der Waals surface area contributed by atoms with Gasteiger partial charge in [-0.15, -0.1) is 0 Å². The van der Waals surface area contributed by atoms with Gasteiger partial charge in [0, 0.05) is 12.5 Å². The molecule has 0 amide bonds. The molecule has 0 spiro atoms. The van der Waals surface area contributed by atoms with Gasteiger partial charge in [-0.3, -0.25) is 0 Å². The maximum absolute atomic E-state index is 5.31. The van der Waals surface area contributed by atoms with Crippen LogP contribution in [0.5, 0.6) is 0 Å². The zero-order valence-corrected chi connectivity index (χ0v) is 12.9. The van der Waals surface area contributed by atoms with Crippen molar-refractivity contribution in [3.63, 3.8) is 0 Å². The van der Waals surface area contributed by atoms with E-state index in [1.54, 1.807) is 11.8 Å². The average Bonchev–Trinajstić information content (AvgIpc) is 2.71. The maximum Gasteiger partial charge on any atom is 0.228 e. The van der Waals surface area contributed by atoms with Crippen LogP contribution in [0.3, 0.4) is 0 Å². The number of thioether (sulfide) groups is 1. The first kappa shape index (κ1) is 15.5. The van der Waals surface area contributed by atoms with Crippen molar-refractivity contribution in [2.75, 3.05) is 12.8 Å². The van der Waals surface area contributed by atoms with Crippen molar-refractivity contribution < 1.29 is 4.52 Å². The van der Waals surface area contributed by atoms with E-state index in [9.17, 15) is 0 Å². The van der Waals surface area contributed by atoms with Crippen LogP contribution >= 0.6 is 11.8 Å². The van der Waals surface area contributed by atoms with Crippen LogP contribution in [0.1, 0.15) is 45.8 Å². The summed E-state index contributed by atoms with van der Waals surface area (Å²) in [6.07, 6.45) is 3.97. The molecule has 1 N–H and O–H groups in total. The van der Waals surface area contributed by atoms with Gasteiger partial charge < -0.3 is 9.84 Å². The first-order valence-electron chi connectivity index (χ1n) is 6.51. The molecule has 5 heteroatoms. The summed E-state index contributed by atoms with van der Waals surface area (Å²) < 4.78 is 5.31. The molecule has 0 saturated heterocycles. The second kappa shape index (κ2) is 7.14. The monoisotopic (exact) mass is 271 g/mol. The number of rotatable bonds is 7. The lowest BCUT2D eigenvalue weighted by molar-refractivity contribution is 0.244. The normalized spacial score (nSPS) is 13.8. The summed E-state index contributed by atoms with van der Waals surface area (Å²) >= 11 is 1.71. The Kier molecular flexibility index (Phi) is 6.15. The molecule has 18 heavy (non-hydrogen) atoms. The van der Waals surface area contributed by atoms with Gasteiger partial charge in [0.05, 0.1) is 5.75 Å². The van der Waals surface area contributed by atoms with E-state index in [1.165, 1.54) is 0 Å². The van der Waals surface area contributed by atoms with Crippen LogP contribution in [0.25, 0.3) is 0 Å². The van der Waals surface area contributed by atoms with E-state index in [0.29, 0.717) is 6.04 Å². The molecule has 0 aromatic carbocycles. The summed E-state index contributed by atoms with van der Waals surface area (Å²) in [7, 11) is 0. The van der Waals surface area contributed by atoms with Crippen LogP contribution in [0.4, 0.5) is 0 Å². The summed E-state index contributed by atoms with van der Waals surface area (Å²) in [4.78, 5) is 4.42. The molecule has 0 bridgehead atoms. The fourth-order valence-electron chi connectivity index (χ4n) is 1.74. The van der Waals surface area contributed by atoms with Crippen molar-refractivity contribution in [3.8, 4) is 0 Å². The smallest absolute Gasteiger partial charge is 0.228 e. The molecule has 0 radical (unpaired) electrons. The highest BCUT2D eigenvalue weighted by Crippen LogP contribution is 2.22. The Morgan fingerprint density at radius 1 is 1.39 bits per heavy atom. The van der Waals surface area contributed by atoms with Gasteiger partial charge in [-0.25, -0.2) is 0 Å². The number of aromatic nitrogens is 2. The SMILES string of the molecule is CCCNC(Cc1nc(CSC)no1)C(C)(C)C. The van der Waals surface area contributed by atoms with Gasteiger partial charge >= 0.3 is 0 Å². The number of nitrogens with one attached hydrogen (secondary N) is 1. The first-order chi connectivity index (χ1) is 8.47. The molecule has 0 aliphatic heterocycles. The van der Waals surface area contributed by atoms with Crippen LogP contribution < -0.4 is 5.32 Å². The molecule has 1 aromatic heterocycles. The lowest BCUT2D eigenvalue weighted by atomic mass is 9.84. The van der Waals surface area contributed by atoms with Crippen molar-refractivity contribution in [2.45, 2.75) is 52.3 Å². The Morgan fingerprint density at radius 2 is 2.11 bits per heavy atom. The van der Waals surface area contributed by atoms with Crippen LogP contribution in [-0.4, -0.2) is 29.0 Å². The Hall–Kier alpha value is -0.550. The molecule has 0 fully saturated rings. The number of nitrogens with zero attached hydrogens (tertiary/aromatic N) is 2. The van der Waals surface area contributed by atoms with E-state index in [4.69, 9.17) is 4.52 Å². The molecule has 1 unspecified atom stereocenters. The summed E-state index contributed by atoms with van der Waals surface area (Å²) in [5.41, 5.74) is 0.184. The highest BCUT2D eigenvalue weighted by Gasteiger charge is 2.26. The third kappa shape index (κ3) is 4.98. The molecule has 1 aromatic rings. The van der Waals surface area contributed by atoms with Crippen molar-refractivity contribution in [2.24, 2.45) is 5.41 Å². The quantitative estimate of drug-likeness (QED) is 0.826. The van der Waals surface area contributed by atoms with Gasteiger partial charge in [-0.1, -0.05) is 32.9 Å². The second-order valence-corrected chi connectivity index (χ2v) is 6.48. The molecule has 1 heterocycles. The van der Waals surface area contributed by atoms with Crippen LogP contribution in [0.2, 0.25) is 0 Å². The Morgan fingerprint density at radius 3 is 2.67 bits per heavy atom. The number of hydrogen-bond acceptors (Lipinski definition) is 5. The highest BCUT2D eigenvalue weighted by atomic mass is 32.2. The van der Waals surface area contributed by atoms with E-state index in [0.717, 1.165) is 36.9 Å². The van der Waals surface area contributed by atoms with E-state index < -0.39 is 0 Å². The molecule has 4 nitrogen and oxygen atoms in total. The van der Waals surface area contributed by atoms with Gasteiger partial charge in [0.25, 0.3) is 0 Å². The van der Waals surface area contributed by atoms with Crippen LogP contribution in [0.15, 0.2) is 4.52 Å². The van der Waals surface area contributed by atoms with E-state index in [1.807, 2.05) is 6.26 Å². The minimum absolute atomic E-state index is 0.184. The molecule has 1 rings (SSSR count). The average molecular weight is 271 g/mol. The summed E-state index contributed by atoms with van der Waals surface area (Å²) in [6.45, 7) is 9.91. The Balaban J connectivity index is 2.63. The highest BCUT2D eigenvalue weighted by molar-refractivity contribution is 7.97. The topological polar surface area (TPSA) is 51.0 Å². The van der Waals surface area contributed by atoms with Gasteiger partial charge in [0.2, 0.25) is 5.89 Å². The van der Waals surface area contributed by atoms with Crippen molar-refractivity contribution in [1.29, 1.82) is 0 Å². The summed E-state index contributed by atoms with van der Waals surface area (Å²) in [5, 5.41) is 7.55. The Labute approximate surface area is 114 Å². The summed E-state index contributed by atoms with van der Waals surface area (Å²) in [5.74, 6) is 2.34. The Bertz CT molecular complexity index is 346. The third-order valence-corrected chi connectivity index (χ3v) is 3.40. The fourth-order valence-corrected chi connectivity index (χ4v) is 2.11. The predicted molar refractivity (Wildman–Crippen MR) is 76.8 cm³/mol. The lowest BCUT2D eigenvalue weighted by Gasteiger charge is -2.30. The maximum atomic E-state index is 5.31. The van der Waals surface area contributed by atoms with Crippen LogP contribution in [-0.2, 0) is 12.2 Å². The van der Waals surface area contributed by atoms with Crippen molar-refractivity contribution in [3.05, 3.63) is 11.7 Å². The molecule has 1 atom stereocenters. The van der Waals surface area contributed by atoms with Gasteiger partial charge in [-0.2, -0.15) is 16.7 Å². The van der Waals surface area contributed by atoms with Gasteiger partial charge in [-0.05, 0) is 24.6 Å². The first-order valence-corrected chi connectivity index (χ1v) is 7.90. The van der Waals surface area contributed by atoms with Crippen LogP contribution in [0, 0.1) is 5.41 Å². The molecular formula is C13H25N3OS. The largest absolute Gasteiger partial charge is 0.339 e. The molecule has 104 valence electrons. The minimum atomic E-state index is 0.184. The zero-order valence-electron chi connectivity index (χ0n) is 12.1. The van der Waals surface area contributed by atoms with Crippen molar-refractivity contribution in [1.82, 2.24) is 15.5 Å². The minimum Gasteiger partial charge on any atom is -0.339 e. The predicted octanol–water partition coefficient (Wildman–Crippen LogP) is 2.89. The zero-order chi connectivity index (χ0) is 13.6. The number of hydrogen-bond donors (Lipinski definition) is 1. The van der Waals surface area contributed by atoms with Crippen molar-refractivity contribution >= 4 is 11.8 Å². The molecular weight excluding hydrogens is 246 g/mol. The molecule has 0 aliphatic rings. The third-order valence-electron chi connectivity index (χ3n) is 2.85. The summed E-state index contributed by atoms with van der Waals surface area (Å²) in [6, 6.07) is 0.361. The van der Waals surface area contributed by atoms with Gasteiger partial charge in [0.1, 0.15) is 0 Å². The fraction of sp³-hybridized carbons (Fsp3) is 0.846. The van der Waals surface area contributed by atoms with E-state index in [-0.39, 0.29) is 5.41 Å². The van der Waals surface area contributed by atoms with E-state index in [2.05, 4.69) is 43.2 Å².